The molecule has 2 saturated heterocycles. The fourth-order valence-electron chi connectivity index (χ4n) is 4.47. The summed E-state index contributed by atoms with van der Waals surface area (Å²) >= 11 is 0. The number of hydrogen-bond donors (Lipinski definition) is 0. The van der Waals surface area contributed by atoms with Crippen molar-refractivity contribution in [2.75, 3.05) is 23.1 Å². The van der Waals surface area contributed by atoms with Crippen molar-refractivity contribution < 1.29 is 18.0 Å². The first-order chi connectivity index (χ1) is 14.7. The van der Waals surface area contributed by atoms with Gasteiger partial charge in [0.15, 0.2) is 0 Å². The van der Waals surface area contributed by atoms with Crippen LogP contribution in [-0.4, -0.2) is 44.0 Å². The molecule has 0 radical (unpaired) electrons. The summed E-state index contributed by atoms with van der Waals surface area (Å²) in [5.41, 5.74) is 1.18. The normalized spacial score (nSPS) is 20.8. The second-order valence-electron chi connectivity index (χ2n) is 9.18. The Kier molecular flexibility index (Phi) is 5.64. The summed E-state index contributed by atoms with van der Waals surface area (Å²) in [6.07, 6.45) is 2.97. The predicted molar refractivity (Wildman–Crippen MR) is 120 cm³/mol. The lowest BCUT2D eigenvalue weighted by Crippen LogP contribution is -2.39. The quantitative estimate of drug-likeness (QED) is 0.730. The van der Waals surface area contributed by atoms with Crippen LogP contribution in [0.5, 0.6) is 0 Å². The molecule has 2 aliphatic rings. The lowest BCUT2D eigenvalue weighted by molar-refractivity contribution is -0.123. The number of nitrogens with zero attached hydrogens (tertiary/aromatic N) is 2. The Bertz CT molecular complexity index is 1070. The maximum Gasteiger partial charge on any atom is 0.253 e. The van der Waals surface area contributed by atoms with Gasteiger partial charge in [-0.25, -0.2) is 12.7 Å². The molecule has 0 aliphatic carbocycles. The lowest BCUT2D eigenvalue weighted by atomic mass is 9.90. The van der Waals surface area contributed by atoms with E-state index < -0.39 is 21.3 Å². The minimum absolute atomic E-state index is 0.0550. The first-order valence-electron chi connectivity index (χ1n) is 10.7. The van der Waals surface area contributed by atoms with Crippen molar-refractivity contribution >= 4 is 27.5 Å². The number of piperidine rings is 1. The van der Waals surface area contributed by atoms with Crippen LogP contribution in [0.2, 0.25) is 0 Å². The molecule has 0 saturated carbocycles. The highest BCUT2D eigenvalue weighted by molar-refractivity contribution is 7.94. The van der Waals surface area contributed by atoms with Gasteiger partial charge in [-0.3, -0.25) is 9.59 Å². The van der Waals surface area contributed by atoms with E-state index in [1.54, 1.807) is 38.1 Å². The average molecular weight is 441 g/mol. The number of sulfonamides is 1. The molecule has 164 valence electrons. The van der Waals surface area contributed by atoms with Gasteiger partial charge in [-0.15, -0.1) is 0 Å². The molecule has 2 aromatic carbocycles. The molecule has 2 aliphatic heterocycles. The van der Waals surface area contributed by atoms with E-state index in [0.29, 0.717) is 24.6 Å². The Morgan fingerprint density at radius 1 is 1.00 bits per heavy atom. The molecule has 2 aromatic rings. The molecule has 4 rings (SSSR count). The average Bonchev–Trinajstić information content (AvgIpc) is 2.91. The van der Waals surface area contributed by atoms with Gasteiger partial charge in [-0.05, 0) is 68.9 Å². The highest BCUT2D eigenvalue weighted by Gasteiger charge is 2.49. The zero-order valence-electron chi connectivity index (χ0n) is 18.0. The first-order valence-corrected chi connectivity index (χ1v) is 12.3. The highest BCUT2D eigenvalue weighted by atomic mass is 32.2. The lowest BCUT2D eigenvalue weighted by Gasteiger charge is -2.32. The van der Waals surface area contributed by atoms with Crippen molar-refractivity contribution in [1.29, 1.82) is 0 Å². The monoisotopic (exact) mass is 440 g/mol. The van der Waals surface area contributed by atoms with Gasteiger partial charge in [0.05, 0.1) is 16.9 Å². The maximum atomic E-state index is 12.9. The van der Waals surface area contributed by atoms with Crippen molar-refractivity contribution in [2.24, 2.45) is 11.3 Å². The summed E-state index contributed by atoms with van der Waals surface area (Å²) in [5, 5.41) is 0. The number of benzene rings is 2. The summed E-state index contributed by atoms with van der Waals surface area (Å²) in [7, 11) is -3.69. The second kappa shape index (κ2) is 8.11. The molecule has 0 spiro atoms. The number of amides is 2. The number of carbonyl (C=O) groups excluding carboxylic acids is 2. The molecule has 2 fully saturated rings. The van der Waals surface area contributed by atoms with Gasteiger partial charge in [-0.1, -0.05) is 30.3 Å². The Morgan fingerprint density at radius 2 is 1.61 bits per heavy atom. The third kappa shape index (κ3) is 4.37. The third-order valence-corrected chi connectivity index (χ3v) is 8.22. The molecule has 31 heavy (non-hydrogen) atoms. The highest BCUT2D eigenvalue weighted by Crippen LogP contribution is 2.35. The molecule has 0 aromatic heterocycles. The van der Waals surface area contributed by atoms with E-state index >= 15 is 0 Å². The minimum Gasteiger partial charge on any atom is -0.339 e. The molecule has 6 nitrogen and oxygen atoms in total. The van der Waals surface area contributed by atoms with Crippen molar-refractivity contribution in [2.45, 2.75) is 33.1 Å². The van der Waals surface area contributed by atoms with Gasteiger partial charge >= 0.3 is 0 Å². The van der Waals surface area contributed by atoms with Crippen LogP contribution >= 0.6 is 0 Å². The summed E-state index contributed by atoms with van der Waals surface area (Å²) < 4.78 is 25.8. The van der Waals surface area contributed by atoms with Crippen molar-refractivity contribution in [3.8, 4) is 0 Å². The Morgan fingerprint density at radius 3 is 2.16 bits per heavy atom. The van der Waals surface area contributed by atoms with Crippen LogP contribution < -0.4 is 4.31 Å². The summed E-state index contributed by atoms with van der Waals surface area (Å²) in [4.78, 5) is 27.3. The standard InChI is InChI=1S/C24H28N2O4S/c1-24(2)17-31(29,30)26(23(24)28)21-10-8-20(9-11-21)22(27)25-14-12-19(13-15-25)16-18-6-4-3-5-7-18/h3-11,19H,12-17H2,1-2H3. The van der Waals surface area contributed by atoms with Crippen LogP contribution in [-0.2, 0) is 21.2 Å². The Balaban J connectivity index is 1.40. The molecule has 2 heterocycles. The van der Waals surface area contributed by atoms with Crippen LogP contribution in [0.4, 0.5) is 5.69 Å². The summed E-state index contributed by atoms with van der Waals surface area (Å²) in [6.45, 7) is 4.69. The second-order valence-corrected chi connectivity index (χ2v) is 11.0. The van der Waals surface area contributed by atoms with Gasteiger partial charge in [0, 0.05) is 18.7 Å². The molecule has 0 atom stereocenters. The molecule has 7 heteroatoms. The van der Waals surface area contributed by atoms with Gasteiger partial charge in [0.25, 0.3) is 5.91 Å². The molecule has 0 bridgehead atoms. The Hall–Kier alpha value is -2.67. The van der Waals surface area contributed by atoms with Crippen molar-refractivity contribution in [1.82, 2.24) is 4.90 Å². The van der Waals surface area contributed by atoms with Gasteiger partial charge in [0.1, 0.15) is 0 Å². The van der Waals surface area contributed by atoms with Crippen molar-refractivity contribution in [3.05, 3.63) is 65.7 Å². The van der Waals surface area contributed by atoms with Crippen LogP contribution in [0.15, 0.2) is 54.6 Å². The van der Waals surface area contributed by atoms with E-state index in [1.807, 2.05) is 11.0 Å². The zero-order valence-corrected chi connectivity index (χ0v) is 18.8. The van der Waals surface area contributed by atoms with E-state index in [1.165, 1.54) is 5.56 Å². The van der Waals surface area contributed by atoms with Crippen LogP contribution in [0.3, 0.4) is 0 Å². The van der Waals surface area contributed by atoms with E-state index in [4.69, 9.17) is 0 Å². The predicted octanol–water partition coefficient (Wildman–Crippen LogP) is 3.48. The fourth-order valence-corrected chi connectivity index (χ4v) is 6.58. The number of hydrogen-bond acceptors (Lipinski definition) is 4. The molecular weight excluding hydrogens is 412 g/mol. The van der Waals surface area contributed by atoms with E-state index in [9.17, 15) is 18.0 Å². The number of likely N-dealkylation sites (tertiary alicyclic amines) is 1. The summed E-state index contributed by atoms with van der Waals surface area (Å²) in [5.74, 6) is -0.131. The van der Waals surface area contributed by atoms with Crippen LogP contribution in [0.1, 0.15) is 42.6 Å². The van der Waals surface area contributed by atoms with Crippen LogP contribution in [0.25, 0.3) is 0 Å². The van der Waals surface area contributed by atoms with Gasteiger partial charge in [0.2, 0.25) is 15.9 Å². The van der Waals surface area contributed by atoms with E-state index in [0.717, 1.165) is 23.6 Å². The zero-order chi connectivity index (χ0) is 22.2. The van der Waals surface area contributed by atoms with Crippen LogP contribution in [0, 0.1) is 11.3 Å². The smallest absolute Gasteiger partial charge is 0.253 e. The van der Waals surface area contributed by atoms with Crippen molar-refractivity contribution in [3.63, 3.8) is 0 Å². The minimum atomic E-state index is -3.69. The number of anilines is 1. The third-order valence-electron chi connectivity index (χ3n) is 6.20. The first kappa shape index (κ1) is 21.6. The summed E-state index contributed by atoms with van der Waals surface area (Å²) in [6, 6.07) is 16.7. The van der Waals surface area contributed by atoms with Gasteiger partial charge in [-0.2, -0.15) is 0 Å². The fraction of sp³-hybridized carbons (Fsp3) is 0.417. The largest absolute Gasteiger partial charge is 0.339 e. The van der Waals surface area contributed by atoms with Gasteiger partial charge < -0.3 is 4.90 Å². The molecular formula is C24H28N2O4S. The number of carbonyl (C=O) groups is 2. The SMILES string of the molecule is CC1(C)CS(=O)(=O)N(c2ccc(C(=O)N3CCC(Cc4ccccc4)CC3)cc2)C1=O. The topological polar surface area (TPSA) is 74.8 Å². The number of rotatable bonds is 4. The molecule has 0 unspecified atom stereocenters. The maximum absolute atomic E-state index is 12.9. The molecule has 2 amide bonds. The Labute approximate surface area is 183 Å². The van der Waals surface area contributed by atoms with E-state index in [-0.39, 0.29) is 17.3 Å². The van der Waals surface area contributed by atoms with E-state index in [2.05, 4.69) is 24.3 Å². The molecule has 0 N–H and O–H groups in total.